The van der Waals surface area contributed by atoms with Crippen LogP contribution in [0, 0.1) is 0 Å². The topological polar surface area (TPSA) is 99.0 Å². The van der Waals surface area contributed by atoms with Gasteiger partial charge in [-0.1, -0.05) is 29.8 Å². The molecule has 132 valence electrons. The Morgan fingerprint density at radius 3 is 2.58 bits per heavy atom. The van der Waals surface area contributed by atoms with Crippen molar-refractivity contribution in [1.82, 2.24) is 25.5 Å². The van der Waals surface area contributed by atoms with E-state index in [9.17, 15) is 9.59 Å². The predicted octanol–water partition coefficient (Wildman–Crippen LogP) is 1.79. The van der Waals surface area contributed by atoms with Gasteiger partial charge in [-0.2, -0.15) is 0 Å². The van der Waals surface area contributed by atoms with Crippen LogP contribution in [0.3, 0.4) is 0 Å². The number of rotatable bonds is 6. The second kappa shape index (κ2) is 8.21. The minimum atomic E-state index is -0.596. The Bertz CT molecular complexity index is 897. The number of aromatic nitrogens is 4. The first-order valence-corrected chi connectivity index (χ1v) is 8.02. The highest BCUT2D eigenvalue weighted by Gasteiger charge is 2.11. The van der Waals surface area contributed by atoms with Gasteiger partial charge in [-0.15, -0.1) is 5.10 Å². The third kappa shape index (κ3) is 4.42. The van der Waals surface area contributed by atoms with Gasteiger partial charge in [-0.3, -0.25) is 4.79 Å². The standard InChI is InChI=1S/C17H14ClN5O3/c18-15-4-2-1-3-13(15)9-19-16(24)10-26-17(25)12-5-7-14(8-6-12)23-11-20-21-22-23/h1-8,11H,9-10H2,(H,19,24). The first-order chi connectivity index (χ1) is 12.6. The maximum Gasteiger partial charge on any atom is 0.338 e. The van der Waals surface area contributed by atoms with Crippen LogP contribution in [0.25, 0.3) is 5.69 Å². The number of hydrogen-bond acceptors (Lipinski definition) is 6. The van der Waals surface area contributed by atoms with E-state index in [1.54, 1.807) is 42.5 Å². The van der Waals surface area contributed by atoms with Gasteiger partial charge in [0.15, 0.2) is 6.61 Å². The van der Waals surface area contributed by atoms with Crippen molar-refractivity contribution in [3.05, 3.63) is 71.0 Å². The fourth-order valence-electron chi connectivity index (χ4n) is 2.13. The summed E-state index contributed by atoms with van der Waals surface area (Å²) in [6.07, 6.45) is 1.44. The number of amides is 1. The second-order valence-electron chi connectivity index (χ2n) is 5.25. The van der Waals surface area contributed by atoms with Crippen molar-refractivity contribution >= 4 is 23.5 Å². The van der Waals surface area contributed by atoms with Crippen LogP contribution in [-0.2, 0) is 16.1 Å². The molecule has 0 aliphatic rings. The monoisotopic (exact) mass is 371 g/mol. The van der Waals surface area contributed by atoms with E-state index in [0.29, 0.717) is 16.3 Å². The third-order valence-corrected chi connectivity index (χ3v) is 3.85. The molecule has 0 aliphatic heterocycles. The zero-order valence-corrected chi connectivity index (χ0v) is 14.3. The average Bonchev–Trinajstić information content (AvgIpc) is 3.20. The molecule has 0 spiro atoms. The normalized spacial score (nSPS) is 10.3. The molecule has 8 nitrogen and oxygen atoms in total. The molecule has 0 bridgehead atoms. The van der Waals surface area contributed by atoms with Gasteiger partial charge in [0, 0.05) is 11.6 Å². The smallest absolute Gasteiger partial charge is 0.338 e. The molecule has 0 radical (unpaired) electrons. The number of esters is 1. The zero-order chi connectivity index (χ0) is 18.4. The summed E-state index contributed by atoms with van der Waals surface area (Å²) < 4.78 is 6.46. The van der Waals surface area contributed by atoms with E-state index < -0.39 is 11.9 Å². The summed E-state index contributed by atoms with van der Waals surface area (Å²) in [7, 11) is 0. The van der Waals surface area contributed by atoms with Crippen LogP contribution >= 0.6 is 11.6 Å². The number of carbonyl (C=O) groups is 2. The number of hydrogen-bond donors (Lipinski definition) is 1. The number of tetrazole rings is 1. The molecular formula is C17H14ClN5O3. The maximum atomic E-state index is 12.0. The van der Waals surface area contributed by atoms with Crippen LogP contribution in [0.4, 0.5) is 0 Å². The molecule has 2 aromatic carbocycles. The number of nitrogens with zero attached hydrogens (tertiary/aromatic N) is 4. The maximum absolute atomic E-state index is 12.0. The highest BCUT2D eigenvalue weighted by molar-refractivity contribution is 6.31. The molecule has 9 heteroatoms. The number of halogens is 1. The summed E-state index contributed by atoms with van der Waals surface area (Å²) in [5.41, 5.74) is 1.80. The van der Waals surface area contributed by atoms with Crippen LogP contribution < -0.4 is 5.32 Å². The number of benzene rings is 2. The first kappa shape index (κ1) is 17.6. The van der Waals surface area contributed by atoms with E-state index in [4.69, 9.17) is 16.3 Å². The largest absolute Gasteiger partial charge is 0.452 e. The number of ether oxygens (including phenoxy) is 1. The summed E-state index contributed by atoms with van der Waals surface area (Å²) >= 11 is 6.01. The van der Waals surface area contributed by atoms with Crippen LogP contribution in [0.2, 0.25) is 5.02 Å². The summed E-state index contributed by atoms with van der Waals surface area (Å²) in [5.74, 6) is -1.01. The predicted molar refractivity (Wildman–Crippen MR) is 92.7 cm³/mol. The molecule has 0 unspecified atom stereocenters. The Kier molecular flexibility index (Phi) is 5.55. The lowest BCUT2D eigenvalue weighted by molar-refractivity contribution is -0.124. The van der Waals surface area contributed by atoms with Crippen molar-refractivity contribution in [2.45, 2.75) is 6.54 Å². The molecule has 0 aliphatic carbocycles. The van der Waals surface area contributed by atoms with E-state index in [1.165, 1.54) is 11.0 Å². The molecule has 3 aromatic rings. The van der Waals surface area contributed by atoms with E-state index in [-0.39, 0.29) is 13.2 Å². The van der Waals surface area contributed by atoms with E-state index >= 15 is 0 Å². The number of nitrogens with one attached hydrogen (secondary N) is 1. The first-order valence-electron chi connectivity index (χ1n) is 7.64. The Morgan fingerprint density at radius 2 is 1.88 bits per heavy atom. The van der Waals surface area contributed by atoms with Gasteiger partial charge in [-0.05, 0) is 46.3 Å². The fraction of sp³-hybridized carbons (Fsp3) is 0.118. The molecule has 1 heterocycles. The summed E-state index contributed by atoms with van der Waals surface area (Å²) in [6, 6.07) is 13.7. The lowest BCUT2D eigenvalue weighted by Crippen LogP contribution is -2.28. The Balaban J connectivity index is 1.49. The third-order valence-electron chi connectivity index (χ3n) is 3.48. The highest BCUT2D eigenvalue weighted by Crippen LogP contribution is 2.14. The minimum absolute atomic E-state index is 0.261. The molecule has 26 heavy (non-hydrogen) atoms. The quantitative estimate of drug-likeness (QED) is 0.663. The summed E-state index contributed by atoms with van der Waals surface area (Å²) in [5, 5.41) is 14.0. The fourth-order valence-corrected chi connectivity index (χ4v) is 2.33. The van der Waals surface area contributed by atoms with Crippen molar-refractivity contribution < 1.29 is 14.3 Å². The van der Waals surface area contributed by atoms with Gasteiger partial charge >= 0.3 is 5.97 Å². The lowest BCUT2D eigenvalue weighted by Gasteiger charge is -2.08. The van der Waals surface area contributed by atoms with Gasteiger partial charge in [-0.25, -0.2) is 9.48 Å². The van der Waals surface area contributed by atoms with E-state index in [2.05, 4.69) is 20.8 Å². The second-order valence-corrected chi connectivity index (χ2v) is 5.65. The minimum Gasteiger partial charge on any atom is -0.452 e. The molecule has 3 rings (SSSR count). The SMILES string of the molecule is O=C(COC(=O)c1ccc(-n2cnnn2)cc1)NCc1ccccc1Cl. The van der Waals surface area contributed by atoms with Crippen LogP contribution in [0.1, 0.15) is 15.9 Å². The molecule has 0 saturated carbocycles. The van der Waals surface area contributed by atoms with Gasteiger partial charge in [0.1, 0.15) is 6.33 Å². The molecular weight excluding hydrogens is 358 g/mol. The molecule has 0 atom stereocenters. The van der Waals surface area contributed by atoms with Gasteiger partial charge in [0.05, 0.1) is 11.3 Å². The van der Waals surface area contributed by atoms with Crippen molar-refractivity contribution in [2.75, 3.05) is 6.61 Å². The van der Waals surface area contributed by atoms with Crippen LogP contribution in [-0.4, -0.2) is 38.7 Å². The van der Waals surface area contributed by atoms with Gasteiger partial charge in [0.2, 0.25) is 0 Å². The lowest BCUT2D eigenvalue weighted by atomic mass is 10.2. The molecule has 1 amide bonds. The number of carbonyl (C=O) groups excluding carboxylic acids is 2. The summed E-state index contributed by atoms with van der Waals surface area (Å²) in [4.78, 5) is 23.8. The van der Waals surface area contributed by atoms with Crippen molar-refractivity contribution in [1.29, 1.82) is 0 Å². The molecule has 0 saturated heterocycles. The molecule has 0 fully saturated rings. The molecule has 1 aromatic heterocycles. The van der Waals surface area contributed by atoms with Crippen molar-refractivity contribution in [2.24, 2.45) is 0 Å². The highest BCUT2D eigenvalue weighted by atomic mass is 35.5. The van der Waals surface area contributed by atoms with Gasteiger partial charge in [0.25, 0.3) is 5.91 Å². The Morgan fingerprint density at radius 1 is 1.12 bits per heavy atom. The average molecular weight is 372 g/mol. The Labute approximate surface area is 153 Å². The summed E-state index contributed by atoms with van der Waals surface area (Å²) in [6.45, 7) is -0.116. The van der Waals surface area contributed by atoms with Crippen molar-refractivity contribution in [3.8, 4) is 5.69 Å². The van der Waals surface area contributed by atoms with Crippen LogP contribution in [0.5, 0.6) is 0 Å². The van der Waals surface area contributed by atoms with Crippen LogP contribution in [0.15, 0.2) is 54.9 Å². The molecule has 1 N–H and O–H groups in total. The van der Waals surface area contributed by atoms with Gasteiger partial charge < -0.3 is 10.1 Å². The van der Waals surface area contributed by atoms with E-state index in [1.807, 2.05) is 6.07 Å². The van der Waals surface area contributed by atoms with Crippen molar-refractivity contribution in [3.63, 3.8) is 0 Å². The Hall–Kier alpha value is -3.26. The van der Waals surface area contributed by atoms with E-state index in [0.717, 1.165) is 5.56 Å². The zero-order valence-electron chi connectivity index (χ0n) is 13.5.